The topological polar surface area (TPSA) is 79.5 Å². The third-order valence-corrected chi connectivity index (χ3v) is 5.01. The number of nitrogens with one attached hydrogen (secondary N) is 3. The number of hydrogen-bond donors (Lipinski definition) is 3. The Kier molecular flexibility index (Phi) is 7.71. The molecule has 6 heteroatoms. The summed E-state index contributed by atoms with van der Waals surface area (Å²) < 4.78 is 6.23. The van der Waals surface area contributed by atoms with Gasteiger partial charge in [0.15, 0.2) is 6.10 Å². The number of hydrazine groups is 1. The van der Waals surface area contributed by atoms with Crippen LogP contribution in [0.3, 0.4) is 0 Å². The van der Waals surface area contributed by atoms with Crippen LogP contribution in [0.15, 0.2) is 42.5 Å². The summed E-state index contributed by atoms with van der Waals surface area (Å²) in [5.41, 5.74) is 8.69. The van der Waals surface area contributed by atoms with E-state index in [4.69, 9.17) is 4.74 Å². The number of anilines is 2. The van der Waals surface area contributed by atoms with E-state index < -0.39 is 6.10 Å². The zero-order valence-electron chi connectivity index (χ0n) is 19.6. The average Bonchev–Trinajstić information content (AvgIpc) is 2.70. The summed E-state index contributed by atoms with van der Waals surface area (Å²) in [6, 6.07) is 13.3. The standard InChI is InChI=1S/C25H35N3O3/c1-8-21(23(30)27-18-10-12-19(13-11-18)28-26-16-29)31-22-14-9-17(24(2,3)4)15-20(22)25(5,6)7/h9-16,21,28H,8H2,1-7H3,(H,26,29)(H,27,30). The van der Waals surface area contributed by atoms with Gasteiger partial charge in [-0.3, -0.25) is 20.4 Å². The van der Waals surface area contributed by atoms with Crippen molar-refractivity contribution >= 4 is 23.7 Å². The molecule has 0 aliphatic heterocycles. The maximum atomic E-state index is 12.9. The van der Waals surface area contributed by atoms with Crippen molar-refractivity contribution in [2.45, 2.75) is 71.8 Å². The van der Waals surface area contributed by atoms with Crippen LogP contribution in [0.5, 0.6) is 5.75 Å². The fourth-order valence-corrected chi connectivity index (χ4v) is 3.13. The summed E-state index contributed by atoms with van der Waals surface area (Å²) in [5, 5.41) is 2.91. The van der Waals surface area contributed by atoms with Crippen molar-refractivity contribution in [1.82, 2.24) is 5.43 Å². The number of amides is 2. The largest absolute Gasteiger partial charge is 0.480 e. The van der Waals surface area contributed by atoms with Crippen molar-refractivity contribution in [2.24, 2.45) is 0 Å². The minimum Gasteiger partial charge on any atom is -0.480 e. The summed E-state index contributed by atoms with van der Waals surface area (Å²) >= 11 is 0. The molecule has 0 radical (unpaired) electrons. The number of hydrogen-bond acceptors (Lipinski definition) is 4. The van der Waals surface area contributed by atoms with E-state index in [2.05, 4.69) is 69.8 Å². The lowest BCUT2D eigenvalue weighted by Crippen LogP contribution is -2.33. The summed E-state index contributed by atoms with van der Waals surface area (Å²) in [6.45, 7) is 14.9. The molecule has 1 unspecified atom stereocenters. The highest BCUT2D eigenvalue weighted by Gasteiger charge is 2.26. The lowest BCUT2D eigenvalue weighted by atomic mass is 9.80. The number of carbonyl (C=O) groups excluding carboxylic acids is 2. The Morgan fingerprint density at radius 3 is 2.10 bits per heavy atom. The molecular formula is C25H35N3O3. The van der Waals surface area contributed by atoms with Crippen LogP contribution >= 0.6 is 0 Å². The van der Waals surface area contributed by atoms with Gasteiger partial charge in [-0.25, -0.2) is 0 Å². The molecular weight excluding hydrogens is 390 g/mol. The molecule has 0 bridgehead atoms. The molecule has 168 valence electrons. The van der Waals surface area contributed by atoms with Crippen LogP contribution in [0.25, 0.3) is 0 Å². The lowest BCUT2D eigenvalue weighted by Gasteiger charge is -2.28. The Balaban J connectivity index is 2.19. The quantitative estimate of drug-likeness (QED) is 0.404. The van der Waals surface area contributed by atoms with Gasteiger partial charge in [0.25, 0.3) is 5.91 Å². The predicted octanol–water partition coefficient (Wildman–Crippen LogP) is 5.15. The van der Waals surface area contributed by atoms with Crippen molar-refractivity contribution < 1.29 is 14.3 Å². The van der Waals surface area contributed by atoms with Crippen LogP contribution < -0.4 is 20.9 Å². The molecule has 3 N–H and O–H groups in total. The van der Waals surface area contributed by atoms with Crippen molar-refractivity contribution in [3.8, 4) is 5.75 Å². The first kappa shape index (κ1) is 24.3. The van der Waals surface area contributed by atoms with Crippen LogP contribution in [-0.2, 0) is 20.4 Å². The first-order valence-corrected chi connectivity index (χ1v) is 10.6. The van der Waals surface area contributed by atoms with Gasteiger partial charge in [-0.1, -0.05) is 60.6 Å². The molecule has 6 nitrogen and oxygen atoms in total. The number of rotatable bonds is 8. The summed E-state index contributed by atoms with van der Waals surface area (Å²) in [4.78, 5) is 23.2. The van der Waals surface area contributed by atoms with Gasteiger partial charge >= 0.3 is 0 Å². The van der Waals surface area contributed by atoms with Crippen molar-refractivity contribution in [3.63, 3.8) is 0 Å². The van der Waals surface area contributed by atoms with Gasteiger partial charge in [0.1, 0.15) is 5.75 Å². The van der Waals surface area contributed by atoms with Gasteiger partial charge in [-0.15, -0.1) is 0 Å². The monoisotopic (exact) mass is 425 g/mol. The van der Waals surface area contributed by atoms with Gasteiger partial charge in [-0.05, 0) is 58.7 Å². The second kappa shape index (κ2) is 9.86. The van der Waals surface area contributed by atoms with E-state index in [0.717, 1.165) is 11.3 Å². The highest BCUT2D eigenvalue weighted by molar-refractivity contribution is 5.94. The van der Waals surface area contributed by atoms with Crippen molar-refractivity contribution in [2.75, 3.05) is 10.7 Å². The van der Waals surface area contributed by atoms with E-state index in [1.54, 1.807) is 24.3 Å². The minimum absolute atomic E-state index is 0.0301. The maximum Gasteiger partial charge on any atom is 0.265 e. The average molecular weight is 426 g/mol. The molecule has 2 amide bonds. The zero-order valence-corrected chi connectivity index (χ0v) is 19.6. The van der Waals surface area contributed by atoms with E-state index in [1.807, 2.05) is 13.0 Å². The fourth-order valence-electron chi connectivity index (χ4n) is 3.13. The van der Waals surface area contributed by atoms with E-state index in [0.29, 0.717) is 24.2 Å². The first-order valence-electron chi connectivity index (χ1n) is 10.6. The van der Waals surface area contributed by atoms with E-state index in [9.17, 15) is 9.59 Å². The number of ether oxygens (including phenoxy) is 1. The summed E-state index contributed by atoms with van der Waals surface area (Å²) in [6.07, 6.45) is 0.481. The lowest BCUT2D eigenvalue weighted by molar-refractivity contribution is -0.122. The molecule has 0 saturated heterocycles. The molecule has 0 fully saturated rings. The van der Waals surface area contributed by atoms with E-state index in [-0.39, 0.29) is 16.7 Å². The van der Waals surface area contributed by atoms with Gasteiger partial charge in [0.05, 0.1) is 5.69 Å². The highest BCUT2D eigenvalue weighted by atomic mass is 16.5. The molecule has 1 atom stereocenters. The van der Waals surface area contributed by atoms with Crippen molar-refractivity contribution in [3.05, 3.63) is 53.6 Å². The van der Waals surface area contributed by atoms with Crippen LogP contribution in [0.2, 0.25) is 0 Å². The molecule has 0 aliphatic rings. The normalized spacial score (nSPS) is 12.6. The van der Waals surface area contributed by atoms with E-state index >= 15 is 0 Å². The summed E-state index contributed by atoms with van der Waals surface area (Å²) in [7, 11) is 0. The van der Waals surface area contributed by atoms with Gasteiger partial charge in [0, 0.05) is 5.69 Å². The molecule has 31 heavy (non-hydrogen) atoms. The first-order chi connectivity index (χ1) is 14.5. The third kappa shape index (κ3) is 6.74. The molecule has 0 aromatic heterocycles. The molecule has 2 aromatic carbocycles. The molecule has 0 aliphatic carbocycles. The number of carbonyl (C=O) groups is 2. The molecule has 0 heterocycles. The Morgan fingerprint density at radius 1 is 0.968 bits per heavy atom. The van der Waals surface area contributed by atoms with Crippen LogP contribution in [0, 0.1) is 0 Å². The minimum atomic E-state index is -0.615. The Labute approximate surface area is 185 Å². The fraction of sp³-hybridized carbons (Fsp3) is 0.440. The van der Waals surface area contributed by atoms with Gasteiger partial charge in [-0.2, -0.15) is 0 Å². The van der Waals surface area contributed by atoms with Crippen LogP contribution in [0.4, 0.5) is 11.4 Å². The SMILES string of the molecule is CCC(Oc1ccc(C(C)(C)C)cc1C(C)(C)C)C(=O)Nc1ccc(NNC=O)cc1. The molecule has 0 spiro atoms. The van der Waals surface area contributed by atoms with Crippen LogP contribution in [-0.4, -0.2) is 18.4 Å². The third-order valence-electron chi connectivity index (χ3n) is 5.01. The second-order valence-corrected chi connectivity index (χ2v) is 9.68. The molecule has 2 rings (SSSR count). The Hall–Kier alpha value is -3.02. The number of benzene rings is 2. The Bertz CT molecular complexity index is 894. The zero-order chi connectivity index (χ0) is 23.2. The Morgan fingerprint density at radius 2 is 1.58 bits per heavy atom. The predicted molar refractivity (Wildman–Crippen MR) is 126 cm³/mol. The van der Waals surface area contributed by atoms with E-state index in [1.165, 1.54) is 5.56 Å². The van der Waals surface area contributed by atoms with Gasteiger partial charge < -0.3 is 10.1 Å². The smallest absolute Gasteiger partial charge is 0.265 e. The maximum absolute atomic E-state index is 12.9. The van der Waals surface area contributed by atoms with Crippen LogP contribution in [0.1, 0.15) is 66.0 Å². The highest BCUT2D eigenvalue weighted by Crippen LogP contribution is 2.36. The van der Waals surface area contributed by atoms with Crippen molar-refractivity contribution in [1.29, 1.82) is 0 Å². The summed E-state index contributed by atoms with van der Waals surface area (Å²) in [5.74, 6) is 0.538. The van der Waals surface area contributed by atoms with Gasteiger partial charge in [0.2, 0.25) is 6.41 Å². The molecule has 2 aromatic rings. The molecule has 0 saturated carbocycles. The second-order valence-electron chi connectivity index (χ2n) is 9.68.